The second-order valence-corrected chi connectivity index (χ2v) is 6.17. The van der Waals surface area contributed by atoms with E-state index < -0.39 is 23.5 Å². The molecule has 6 nitrogen and oxygen atoms in total. The number of hydrogen-bond acceptors (Lipinski definition) is 5. The van der Waals surface area contributed by atoms with Gasteiger partial charge in [-0.3, -0.25) is 4.79 Å². The molecule has 2 aromatic heterocycles. The first-order valence-corrected chi connectivity index (χ1v) is 7.92. The lowest BCUT2D eigenvalue weighted by Crippen LogP contribution is -2.59. The van der Waals surface area contributed by atoms with Crippen LogP contribution < -0.4 is 15.8 Å². The molecule has 1 aliphatic rings. The minimum atomic E-state index is -3.04. The van der Waals surface area contributed by atoms with Crippen LogP contribution in [0.15, 0.2) is 23.1 Å². The molecule has 1 fully saturated rings. The van der Waals surface area contributed by atoms with Crippen molar-refractivity contribution in [2.75, 3.05) is 24.5 Å². The van der Waals surface area contributed by atoms with Gasteiger partial charge < -0.3 is 15.2 Å². The van der Waals surface area contributed by atoms with Crippen molar-refractivity contribution in [2.45, 2.75) is 18.9 Å². The quantitative estimate of drug-likeness (QED) is 0.806. The summed E-state index contributed by atoms with van der Waals surface area (Å²) in [5, 5.41) is 2.61. The normalized spacial score (nSPS) is 18.4. The van der Waals surface area contributed by atoms with E-state index in [1.807, 2.05) is 0 Å². The number of piperazine rings is 1. The SMILES string of the molecule is CC(F)(F)[C@@H]1CNCCN1c1nc(-c2ccnc(F)c2)[nH]c(=O)c1Cl. The fourth-order valence-corrected chi connectivity index (χ4v) is 2.93. The summed E-state index contributed by atoms with van der Waals surface area (Å²) in [5.41, 5.74) is -0.423. The minimum Gasteiger partial charge on any atom is -0.344 e. The van der Waals surface area contributed by atoms with Gasteiger partial charge in [-0.2, -0.15) is 4.39 Å². The number of aromatic amines is 1. The van der Waals surface area contributed by atoms with Crippen LogP contribution >= 0.6 is 11.6 Å². The lowest BCUT2D eigenvalue weighted by Gasteiger charge is -2.40. The summed E-state index contributed by atoms with van der Waals surface area (Å²) in [5.74, 6) is -3.81. The average Bonchev–Trinajstić information content (AvgIpc) is 2.56. The summed E-state index contributed by atoms with van der Waals surface area (Å²) in [6.45, 7) is 1.47. The number of anilines is 1. The van der Waals surface area contributed by atoms with Crippen LogP contribution in [0.2, 0.25) is 5.02 Å². The van der Waals surface area contributed by atoms with Gasteiger partial charge in [0.25, 0.3) is 11.5 Å². The van der Waals surface area contributed by atoms with Crippen LogP contribution in [0.25, 0.3) is 11.4 Å². The van der Waals surface area contributed by atoms with E-state index in [1.54, 1.807) is 0 Å². The number of nitrogens with one attached hydrogen (secondary N) is 2. The molecule has 0 aliphatic carbocycles. The number of hydrogen-bond donors (Lipinski definition) is 2. The van der Waals surface area contributed by atoms with E-state index in [9.17, 15) is 18.0 Å². The predicted molar refractivity (Wildman–Crippen MR) is 87.7 cm³/mol. The topological polar surface area (TPSA) is 73.9 Å². The molecule has 0 unspecified atom stereocenters. The van der Waals surface area contributed by atoms with Crippen LogP contribution in [0, 0.1) is 5.95 Å². The molecule has 0 saturated carbocycles. The number of pyridine rings is 1. The maximum Gasteiger partial charge on any atom is 0.272 e. The third-order valence-corrected chi connectivity index (χ3v) is 4.29. The third kappa shape index (κ3) is 3.62. The summed E-state index contributed by atoms with van der Waals surface area (Å²) in [4.78, 5) is 23.5. The van der Waals surface area contributed by atoms with E-state index in [0.29, 0.717) is 6.54 Å². The average molecular weight is 374 g/mol. The van der Waals surface area contributed by atoms with Gasteiger partial charge in [0.1, 0.15) is 16.9 Å². The zero-order valence-corrected chi connectivity index (χ0v) is 13.9. The van der Waals surface area contributed by atoms with E-state index in [1.165, 1.54) is 17.2 Å². The zero-order valence-electron chi connectivity index (χ0n) is 13.2. The summed E-state index contributed by atoms with van der Waals surface area (Å²) < 4.78 is 41.2. The molecule has 3 rings (SSSR count). The summed E-state index contributed by atoms with van der Waals surface area (Å²) in [6, 6.07) is 1.32. The van der Waals surface area contributed by atoms with Crippen molar-refractivity contribution in [1.29, 1.82) is 0 Å². The maximum absolute atomic E-state index is 14.0. The first kappa shape index (κ1) is 17.7. The molecule has 1 aliphatic heterocycles. The Kier molecular flexibility index (Phi) is 4.70. The van der Waals surface area contributed by atoms with E-state index >= 15 is 0 Å². The van der Waals surface area contributed by atoms with Gasteiger partial charge in [-0.15, -0.1) is 0 Å². The van der Waals surface area contributed by atoms with Gasteiger partial charge in [-0.05, 0) is 6.07 Å². The molecular formula is C15H15ClF3N5O. The van der Waals surface area contributed by atoms with E-state index in [4.69, 9.17) is 11.6 Å². The molecule has 1 saturated heterocycles. The smallest absolute Gasteiger partial charge is 0.272 e. The maximum atomic E-state index is 14.0. The van der Waals surface area contributed by atoms with Gasteiger partial charge in [0.05, 0.1) is 0 Å². The fourth-order valence-electron chi connectivity index (χ4n) is 2.73. The van der Waals surface area contributed by atoms with Crippen molar-refractivity contribution in [3.8, 4) is 11.4 Å². The highest BCUT2D eigenvalue weighted by Crippen LogP contribution is 2.31. The highest BCUT2D eigenvalue weighted by atomic mass is 35.5. The predicted octanol–water partition coefficient (Wildman–Crippen LogP) is 2.06. The van der Waals surface area contributed by atoms with Gasteiger partial charge in [-0.1, -0.05) is 11.6 Å². The first-order chi connectivity index (χ1) is 11.8. The summed E-state index contributed by atoms with van der Waals surface area (Å²) in [6.07, 6.45) is 1.22. The third-order valence-electron chi connectivity index (χ3n) is 3.95. The summed E-state index contributed by atoms with van der Waals surface area (Å²) >= 11 is 6.03. The van der Waals surface area contributed by atoms with Crippen molar-refractivity contribution in [1.82, 2.24) is 20.3 Å². The molecule has 0 spiro atoms. The van der Waals surface area contributed by atoms with Crippen LogP contribution in [-0.4, -0.2) is 46.6 Å². The van der Waals surface area contributed by atoms with Gasteiger partial charge >= 0.3 is 0 Å². The Morgan fingerprint density at radius 1 is 1.44 bits per heavy atom. The zero-order chi connectivity index (χ0) is 18.2. The van der Waals surface area contributed by atoms with Gasteiger partial charge in [0, 0.05) is 44.4 Å². The summed E-state index contributed by atoms with van der Waals surface area (Å²) in [7, 11) is 0. The van der Waals surface area contributed by atoms with Crippen molar-refractivity contribution in [3.05, 3.63) is 39.7 Å². The van der Waals surface area contributed by atoms with Crippen LogP contribution in [-0.2, 0) is 0 Å². The highest BCUT2D eigenvalue weighted by molar-refractivity contribution is 6.32. The Hall–Kier alpha value is -2.13. The fraction of sp³-hybridized carbons (Fsp3) is 0.400. The number of nitrogens with zero attached hydrogens (tertiary/aromatic N) is 3. The van der Waals surface area contributed by atoms with Crippen molar-refractivity contribution in [3.63, 3.8) is 0 Å². The molecular weight excluding hydrogens is 359 g/mol. The molecule has 0 amide bonds. The van der Waals surface area contributed by atoms with E-state index in [2.05, 4.69) is 20.3 Å². The van der Waals surface area contributed by atoms with Crippen molar-refractivity contribution in [2.24, 2.45) is 0 Å². The molecule has 0 bridgehead atoms. The molecule has 3 heterocycles. The van der Waals surface area contributed by atoms with E-state index in [0.717, 1.165) is 13.0 Å². The molecule has 0 aromatic carbocycles. The van der Waals surface area contributed by atoms with Crippen LogP contribution in [0.1, 0.15) is 6.92 Å². The van der Waals surface area contributed by atoms with Crippen LogP contribution in [0.4, 0.5) is 19.0 Å². The second-order valence-electron chi connectivity index (χ2n) is 5.79. The number of aromatic nitrogens is 3. The Labute approximate surface area is 146 Å². The molecule has 134 valence electrons. The molecule has 2 aromatic rings. The van der Waals surface area contributed by atoms with Crippen molar-refractivity contribution < 1.29 is 13.2 Å². The molecule has 2 N–H and O–H groups in total. The Balaban J connectivity index is 2.10. The van der Waals surface area contributed by atoms with Crippen LogP contribution in [0.5, 0.6) is 0 Å². The lowest BCUT2D eigenvalue weighted by atomic mass is 10.1. The first-order valence-electron chi connectivity index (χ1n) is 7.54. The van der Waals surface area contributed by atoms with Crippen LogP contribution in [0.3, 0.4) is 0 Å². The monoisotopic (exact) mass is 373 g/mol. The molecule has 1 atom stereocenters. The lowest BCUT2D eigenvalue weighted by molar-refractivity contribution is -0.0112. The second kappa shape index (κ2) is 6.64. The van der Waals surface area contributed by atoms with Gasteiger partial charge in [0.15, 0.2) is 5.82 Å². The Morgan fingerprint density at radius 2 is 2.20 bits per heavy atom. The number of rotatable bonds is 3. The largest absolute Gasteiger partial charge is 0.344 e. The number of H-pyrrole nitrogens is 1. The minimum absolute atomic E-state index is 0.0214. The van der Waals surface area contributed by atoms with Gasteiger partial charge in [-0.25, -0.2) is 18.7 Å². The number of halogens is 4. The van der Waals surface area contributed by atoms with Gasteiger partial charge in [0.2, 0.25) is 5.95 Å². The number of alkyl halides is 2. The Bertz CT molecular complexity index is 839. The molecule has 25 heavy (non-hydrogen) atoms. The molecule has 10 heteroatoms. The highest BCUT2D eigenvalue weighted by Gasteiger charge is 2.41. The standard InChI is InChI=1S/C15H15ClF3N5O/c1-15(18,19)9-7-20-4-5-24(9)13-11(16)14(25)23-12(22-13)8-2-3-21-10(17)6-8/h2-3,6,9,20H,4-5,7H2,1H3,(H,22,23,25)/t9-/m0/s1. The Morgan fingerprint density at radius 3 is 2.88 bits per heavy atom. The van der Waals surface area contributed by atoms with E-state index in [-0.39, 0.29) is 35.3 Å². The molecule has 0 radical (unpaired) electrons. The van der Waals surface area contributed by atoms with Crippen molar-refractivity contribution >= 4 is 17.4 Å².